The van der Waals surface area contributed by atoms with Crippen LogP contribution in [0.5, 0.6) is 0 Å². The molecule has 0 atom stereocenters. The molecule has 0 unspecified atom stereocenters. The van der Waals surface area contributed by atoms with Gasteiger partial charge in [0.2, 0.25) is 0 Å². The number of aromatic nitrogens is 5. The number of rotatable bonds is 2. The Morgan fingerprint density at radius 1 is 1.35 bits per heavy atom. The van der Waals surface area contributed by atoms with Crippen molar-refractivity contribution in [3.8, 4) is 17.6 Å². The zero-order chi connectivity index (χ0) is 13.5. The van der Waals surface area contributed by atoms with Gasteiger partial charge in [0.05, 0.1) is 34.9 Å². The molecule has 1 aromatic carbocycles. The van der Waals surface area contributed by atoms with E-state index in [1.165, 1.54) is 19.3 Å². The van der Waals surface area contributed by atoms with Crippen LogP contribution in [0.1, 0.15) is 30.9 Å². The monoisotopic (exact) mass is 264 g/mol. The number of hydrogen-bond acceptors (Lipinski definition) is 4. The Morgan fingerprint density at radius 3 is 3.00 bits per heavy atom. The van der Waals surface area contributed by atoms with Gasteiger partial charge in [-0.15, -0.1) is 5.10 Å². The first-order valence-electron chi connectivity index (χ1n) is 6.65. The Labute approximate surface area is 115 Å². The van der Waals surface area contributed by atoms with Crippen LogP contribution in [0.25, 0.3) is 22.6 Å². The molecule has 1 fully saturated rings. The molecule has 1 saturated carbocycles. The lowest BCUT2D eigenvalue weighted by Gasteiger charge is -2.24. The van der Waals surface area contributed by atoms with Crippen LogP contribution in [0.4, 0.5) is 0 Å². The van der Waals surface area contributed by atoms with E-state index in [4.69, 9.17) is 5.26 Å². The van der Waals surface area contributed by atoms with Gasteiger partial charge in [0, 0.05) is 0 Å². The maximum atomic E-state index is 8.91. The van der Waals surface area contributed by atoms with E-state index < -0.39 is 0 Å². The maximum absolute atomic E-state index is 8.91. The summed E-state index contributed by atoms with van der Waals surface area (Å²) in [4.78, 5) is 7.69. The summed E-state index contributed by atoms with van der Waals surface area (Å²) >= 11 is 0. The van der Waals surface area contributed by atoms with Crippen LogP contribution in [-0.2, 0) is 0 Å². The predicted molar refractivity (Wildman–Crippen MR) is 72.7 cm³/mol. The van der Waals surface area contributed by atoms with Crippen molar-refractivity contribution < 1.29 is 0 Å². The SMILES string of the molecule is N#Cc1ccc2nc(-c3cn(C4CCC4)nn3)[nH]c2c1. The zero-order valence-corrected chi connectivity index (χ0v) is 10.7. The van der Waals surface area contributed by atoms with E-state index in [-0.39, 0.29) is 0 Å². The standard InChI is InChI=1S/C14H12N6/c15-7-9-4-5-11-12(6-9)17-14(16-11)13-8-20(19-18-13)10-2-1-3-10/h4-6,8,10H,1-3H2,(H,16,17). The van der Waals surface area contributed by atoms with Crippen LogP contribution < -0.4 is 0 Å². The fourth-order valence-electron chi connectivity index (χ4n) is 2.42. The second-order valence-corrected chi connectivity index (χ2v) is 5.10. The Balaban J connectivity index is 1.74. The molecular weight excluding hydrogens is 252 g/mol. The molecule has 6 nitrogen and oxygen atoms in total. The molecule has 0 aliphatic heterocycles. The highest BCUT2D eigenvalue weighted by Crippen LogP contribution is 2.31. The maximum Gasteiger partial charge on any atom is 0.160 e. The fraction of sp³-hybridized carbons (Fsp3) is 0.286. The summed E-state index contributed by atoms with van der Waals surface area (Å²) in [6.07, 6.45) is 5.55. The molecular formula is C14H12N6. The van der Waals surface area contributed by atoms with Crippen LogP contribution in [0.15, 0.2) is 24.4 Å². The van der Waals surface area contributed by atoms with Crippen molar-refractivity contribution in [2.45, 2.75) is 25.3 Å². The van der Waals surface area contributed by atoms with Crippen molar-refractivity contribution in [3.05, 3.63) is 30.0 Å². The summed E-state index contributed by atoms with van der Waals surface area (Å²) in [5, 5.41) is 17.3. The largest absolute Gasteiger partial charge is 0.336 e. The van der Waals surface area contributed by atoms with E-state index in [2.05, 4.69) is 26.3 Å². The van der Waals surface area contributed by atoms with E-state index in [1.807, 2.05) is 16.9 Å². The number of H-pyrrole nitrogens is 1. The van der Waals surface area contributed by atoms with E-state index >= 15 is 0 Å². The van der Waals surface area contributed by atoms with Gasteiger partial charge in [0.25, 0.3) is 0 Å². The summed E-state index contributed by atoms with van der Waals surface area (Å²) in [5.41, 5.74) is 3.03. The average Bonchev–Trinajstić information content (AvgIpc) is 3.01. The molecule has 1 aliphatic rings. The topological polar surface area (TPSA) is 83.2 Å². The second kappa shape index (κ2) is 4.17. The molecule has 0 spiro atoms. The molecule has 1 aliphatic carbocycles. The molecule has 0 bridgehead atoms. The number of hydrogen-bond donors (Lipinski definition) is 1. The summed E-state index contributed by atoms with van der Waals surface area (Å²) in [6.45, 7) is 0. The lowest BCUT2D eigenvalue weighted by atomic mass is 9.93. The molecule has 0 saturated heterocycles. The lowest BCUT2D eigenvalue weighted by molar-refractivity contribution is 0.284. The Bertz CT molecular complexity index is 818. The Hall–Kier alpha value is -2.68. The molecule has 3 aromatic rings. The van der Waals surface area contributed by atoms with Crippen molar-refractivity contribution in [2.24, 2.45) is 0 Å². The van der Waals surface area contributed by atoms with Gasteiger partial charge in [-0.2, -0.15) is 5.26 Å². The summed E-state index contributed by atoms with van der Waals surface area (Å²) in [7, 11) is 0. The summed E-state index contributed by atoms with van der Waals surface area (Å²) < 4.78 is 1.92. The molecule has 98 valence electrons. The first-order valence-corrected chi connectivity index (χ1v) is 6.65. The normalized spacial score (nSPS) is 15.2. The number of imidazole rings is 1. The van der Waals surface area contributed by atoms with Crippen LogP contribution >= 0.6 is 0 Å². The van der Waals surface area contributed by atoms with Crippen LogP contribution in [0, 0.1) is 11.3 Å². The van der Waals surface area contributed by atoms with E-state index in [0.29, 0.717) is 17.4 Å². The third-order valence-electron chi connectivity index (χ3n) is 3.81. The minimum absolute atomic E-state index is 0.491. The van der Waals surface area contributed by atoms with Gasteiger partial charge in [-0.1, -0.05) is 5.21 Å². The van der Waals surface area contributed by atoms with Gasteiger partial charge < -0.3 is 4.98 Å². The molecule has 2 aromatic heterocycles. The lowest BCUT2D eigenvalue weighted by Crippen LogP contribution is -2.17. The molecule has 0 amide bonds. The highest BCUT2D eigenvalue weighted by atomic mass is 15.4. The van der Waals surface area contributed by atoms with Gasteiger partial charge in [-0.3, -0.25) is 0 Å². The summed E-state index contributed by atoms with van der Waals surface area (Å²) in [6, 6.07) is 8.01. The van der Waals surface area contributed by atoms with Crippen molar-refractivity contribution in [1.29, 1.82) is 5.26 Å². The first-order chi connectivity index (χ1) is 9.83. The molecule has 20 heavy (non-hydrogen) atoms. The van der Waals surface area contributed by atoms with Gasteiger partial charge >= 0.3 is 0 Å². The quantitative estimate of drug-likeness (QED) is 0.770. The number of benzene rings is 1. The molecule has 1 N–H and O–H groups in total. The van der Waals surface area contributed by atoms with Gasteiger partial charge in [-0.25, -0.2) is 9.67 Å². The smallest absolute Gasteiger partial charge is 0.160 e. The van der Waals surface area contributed by atoms with Gasteiger partial charge in [-0.05, 0) is 37.5 Å². The Kier molecular flexibility index (Phi) is 2.33. The highest BCUT2D eigenvalue weighted by molar-refractivity contribution is 5.79. The third-order valence-corrected chi connectivity index (χ3v) is 3.81. The molecule has 2 heterocycles. The number of aromatic amines is 1. The van der Waals surface area contributed by atoms with Gasteiger partial charge in [0.15, 0.2) is 5.82 Å². The number of nitrogens with one attached hydrogen (secondary N) is 1. The molecule has 6 heteroatoms. The molecule has 0 radical (unpaired) electrons. The molecule has 4 rings (SSSR count). The first kappa shape index (κ1) is 11.2. The van der Waals surface area contributed by atoms with Crippen molar-refractivity contribution in [2.75, 3.05) is 0 Å². The van der Waals surface area contributed by atoms with Gasteiger partial charge in [0.1, 0.15) is 5.69 Å². The zero-order valence-electron chi connectivity index (χ0n) is 10.7. The number of fused-ring (bicyclic) bond motifs is 1. The number of nitrogens with zero attached hydrogens (tertiary/aromatic N) is 5. The van der Waals surface area contributed by atoms with Crippen molar-refractivity contribution >= 4 is 11.0 Å². The summed E-state index contributed by atoms with van der Waals surface area (Å²) in [5.74, 6) is 0.695. The highest BCUT2D eigenvalue weighted by Gasteiger charge is 2.21. The van der Waals surface area contributed by atoms with Crippen LogP contribution in [0.2, 0.25) is 0 Å². The van der Waals surface area contributed by atoms with E-state index in [1.54, 1.807) is 12.1 Å². The van der Waals surface area contributed by atoms with E-state index in [0.717, 1.165) is 16.7 Å². The van der Waals surface area contributed by atoms with Crippen molar-refractivity contribution in [3.63, 3.8) is 0 Å². The minimum atomic E-state index is 0.491. The van der Waals surface area contributed by atoms with Crippen LogP contribution in [-0.4, -0.2) is 25.0 Å². The predicted octanol–water partition coefficient (Wildman–Crippen LogP) is 2.42. The second-order valence-electron chi connectivity index (χ2n) is 5.10. The number of nitriles is 1. The minimum Gasteiger partial charge on any atom is -0.336 e. The van der Waals surface area contributed by atoms with Crippen LogP contribution in [0.3, 0.4) is 0 Å². The van der Waals surface area contributed by atoms with Crippen molar-refractivity contribution in [1.82, 2.24) is 25.0 Å². The Morgan fingerprint density at radius 2 is 2.25 bits per heavy atom. The average molecular weight is 264 g/mol. The van der Waals surface area contributed by atoms with E-state index in [9.17, 15) is 0 Å². The fourth-order valence-corrected chi connectivity index (χ4v) is 2.42. The third kappa shape index (κ3) is 1.67.